The Bertz CT molecular complexity index is 2650. The fourth-order valence-corrected chi connectivity index (χ4v) is 8.15. The first kappa shape index (κ1) is 26.9. The van der Waals surface area contributed by atoms with E-state index in [-0.39, 0.29) is 19.2 Å². The Morgan fingerprint density at radius 3 is 1.25 bits per heavy atom. The van der Waals surface area contributed by atoms with Gasteiger partial charge in [-0.1, -0.05) is 48.5 Å². The monoisotopic (exact) mass is 656 g/mol. The van der Waals surface area contributed by atoms with Crippen molar-refractivity contribution >= 4 is 46.2 Å². The number of para-hydroxylation sites is 2. The van der Waals surface area contributed by atoms with Crippen LogP contribution in [0, 0.1) is 11.3 Å². The van der Waals surface area contributed by atoms with Gasteiger partial charge >= 0.3 is 0 Å². The summed E-state index contributed by atoms with van der Waals surface area (Å²) in [6, 6.07) is 37.6. The fraction of sp³-hybridized carbons (Fsp3) is 0. The van der Waals surface area contributed by atoms with Crippen LogP contribution in [0.2, 0.25) is 0 Å². The van der Waals surface area contributed by atoms with Crippen LogP contribution in [-0.2, 0) is 0 Å². The van der Waals surface area contributed by atoms with Crippen LogP contribution < -0.4 is 56.5 Å². The van der Waals surface area contributed by atoms with Gasteiger partial charge in [0.25, 0.3) is 13.4 Å². The summed E-state index contributed by atoms with van der Waals surface area (Å²) in [5, 5.41) is 10.1. The summed E-state index contributed by atoms with van der Waals surface area (Å²) in [4.78, 5) is 14.0. The lowest BCUT2D eigenvalue weighted by Crippen LogP contribution is -2.59. The SMILES string of the molecule is N#Cc1nc(-c2cc3c4c(c2)Oc2ccccc2B4c2ccccc2O3)nc(-c2cc3c4c(c2)Oc2cccc5c2B4c2c(cccc2O3)O5)n1. The summed E-state index contributed by atoms with van der Waals surface area (Å²) in [5.74, 6) is 7.64. The molecule has 11 heteroatoms. The Morgan fingerprint density at radius 2 is 0.784 bits per heavy atom. The molecule has 0 saturated carbocycles. The van der Waals surface area contributed by atoms with Gasteiger partial charge in [0.2, 0.25) is 5.82 Å². The summed E-state index contributed by atoms with van der Waals surface area (Å²) in [5.41, 5.74) is 7.19. The van der Waals surface area contributed by atoms with E-state index in [2.05, 4.69) is 28.2 Å². The molecule has 234 valence electrons. The fourth-order valence-electron chi connectivity index (χ4n) is 8.15. The van der Waals surface area contributed by atoms with Gasteiger partial charge in [-0.05, 0) is 71.6 Å². The van der Waals surface area contributed by atoms with E-state index in [4.69, 9.17) is 28.7 Å². The molecule has 0 fully saturated rings. The van der Waals surface area contributed by atoms with Crippen LogP contribution >= 0.6 is 0 Å². The molecule has 6 aromatic carbocycles. The molecule has 0 unspecified atom stereocenters. The molecule has 5 aliphatic heterocycles. The lowest BCUT2D eigenvalue weighted by atomic mass is 9.34. The Balaban J connectivity index is 1.02. The molecule has 7 aromatic rings. The number of aromatic nitrogens is 3. The van der Waals surface area contributed by atoms with Crippen LogP contribution in [-0.4, -0.2) is 28.4 Å². The maximum atomic E-state index is 10.1. The van der Waals surface area contributed by atoms with Gasteiger partial charge in [0.05, 0.1) is 0 Å². The molecule has 0 N–H and O–H groups in total. The number of benzene rings is 6. The maximum absolute atomic E-state index is 10.1. The molecule has 0 bridgehead atoms. The van der Waals surface area contributed by atoms with Crippen molar-refractivity contribution in [3.63, 3.8) is 0 Å². The van der Waals surface area contributed by atoms with E-state index in [1.165, 1.54) is 0 Å². The quantitative estimate of drug-likeness (QED) is 0.246. The number of nitriles is 1. The smallest absolute Gasteiger partial charge is 0.270 e. The van der Waals surface area contributed by atoms with Crippen LogP contribution in [0.1, 0.15) is 5.82 Å². The Morgan fingerprint density at radius 1 is 0.412 bits per heavy atom. The van der Waals surface area contributed by atoms with E-state index in [0.29, 0.717) is 57.3 Å². The number of ether oxygens (including phenoxy) is 5. The number of hydrogen-bond acceptors (Lipinski definition) is 9. The van der Waals surface area contributed by atoms with E-state index in [0.717, 1.165) is 55.8 Å². The average Bonchev–Trinajstić information content (AvgIpc) is 3.17. The Kier molecular flexibility index (Phi) is 5.03. The highest BCUT2D eigenvalue weighted by molar-refractivity contribution is 7.00. The zero-order valence-electron chi connectivity index (χ0n) is 26.4. The first-order valence-electron chi connectivity index (χ1n) is 16.5. The van der Waals surface area contributed by atoms with E-state index in [1.807, 2.05) is 97.1 Å². The van der Waals surface area contributed by atoms with E-state index < -0.39 is 0 Å². The van der Waals surface area contributed by atoms with Gasteiger partial charge < -0.3 is 23.7 Å². The molecular weight excluding hydrogens is 638 g/mol. The zero-order chi connectivity index (χ0) is 33.4. The van der Waals surface area contributed by atoms with Crippen molar-refractivity contribution in [1.82, 2.24) is 15.0 Å². The standard InChI is InChI=1S/C40H18B2N4O5/c43-19-34-44-39(20-15-30-37-31(16-20)48-25-10-4-2-8-23(25)41(37)22-7-1-3-9-24(22)47-30)46-40(45-34)21-17-32-38-33(18-21)51-29-14-6-12-27-36(29)42(38)35-26(49-27)11-5-13-28(35)50-32/h1-18H. The van der Waals surface area contributed by atoms with Gasteiger partial charge in [-0.3, -0.25) is 0 Å². The number of nitrogens with zero attached hydrogens (tertiary/aromatic N) is 4. The average molecular weight is 656 g/mol. The van der Waals surface area contributed by atoms with Crippen molar-refractivity contribution in [3.8, 4) is 86.3 Å². The molecule has 0 amide bonds. The minimum Gasteiger partial charge on any atom is -0.458 e. The van der Waals surface area contributed by atoms with Crippen LogP contribution in [0.25, 0.3) is 22.8 Å². The minimum atomic E-state index is -0.118. The molecule has 51 heavy (non-hydrogen) atoms. The second-order valence-electron chi connectivity index (χ2n) is 13.0. The minimum absolute atomic E-state index is 0.0284. The van der Waals surface area contributed by atoms with Gasteiger partial charge in [0.15, 0.2) is 11.6 Å². The van der Waals surface area contributed by atoms with Crippen LogP contribution in [0.15, 0.2) is 109 Å². The highest BCUT2D eigenvalue weighted by Crippen LogP contribution is 2.43. The van der Waals surface area contributed by atoms with E-state index >= 15 is 0 Å². The van der Waals surface area contributed by atoms with Crippen molar-refractivity contribution in [2.75, 3.05) is 0 Å². The molecule has 0 saturated heterocycles. The van der Waals surface area contributed by atoms with Gasteiger partial charge in [-0.25, -0.2) is 4.98 Å². The second-order valence-corrected chi connectivity index (χ2v) is 13.0. The Labute approximate surface area is 290 Å². The molecule has 0 radical (unpaired) electrons. The second kappa shape index (κ2) is 9.55. The van der Waals surface area contributed by atoms with Gasteiger partial charge in [0.1, 0.15) is 63.6 Å². The third-order valence-electron chi connectivity index (χ3n) is 10.2. The van der Waals surface area contributed by atoms with Gasteiger partial charge in [-0.15, -0.1) is 0 Å². The topological polar surface area (TPSA) is 109 Å². The van der Waals surface area contributed by atoms with Crippen molar-refractivity contribution < 1.29 is 23.7 Å². The number of hydrogen-bond donors (Lipinski definition) is 0. The summed E-state index contributed by atoms with van der Waals surface area (Å²) >= 11 is 0. The number of rotatable bonds is 2. The summed E-state index contributed by atoms with van der Waals surface area (Å²) in [6.07, 6.45) is 0. The van der Waals surface area contributed by atoms with Gasteiger partial charge in [-0.2, -0.15) is 15.2 Å². The van der Waals surface area contributed by atoms with Crippen LogP contribution in [0.3, 0.4) is 0 Å². The van der Waals surface area contributed by atoms with Gasteiger partial charge in [0, 0.05) is 33.0 Å². The molecule has 12 rings (SSSR count). The van der Waals surface area contributed by atoms with Crippen molar-refractivity contribution in [3.05, 3.63) is 115 Å². The third kappa shape index (κ3) is 3.63. The first-order valence-corrected chi connectivity index (χ1v) is 16.5. The zero-order valence-corrected chi connectivity index (χ0v) is 26.4. The molecular formula is C40H18B2N4O5. The van der Waals surface area contributed by atoms with Crippen molar-refractivity contribution in [1.29, 1.82) is 5.26 Å². The van der Waals surface area contributed by atoms with E-state index in [9.17, 15) is 5.26 Å². The highest BCUT2D eigenvalue weighted by Gasteiger charge is 2.46. The summed E-state index contributed by atoms with van der Waals surface area (Å²) in [6.45, 7) is -0.180. The van der Waals surface area contributed by atoms with Crippen LogP contribution in [0.4, 0.5) is 0 Å². The molecule has 6 heterocycles. The molecule has 0 spiro atoms. The lowest BCUT2D eigenvalue weighted by molar-refractivity contribution is 0.443. The maximum Gasteiger partial charge on any atom is 0.270 e. The summed E-state index contributed by atoms with van der Waals surface area (Å²) < 4.78 is 32.3. The molecule has 5 aliphatic rings. The molecule has 0 aliphatic carbocycles. The van der Waals surface area contributed by atoms with Crippen LogP contribution in [0.5, 0.6) is 57.5 Å². The van der Waals surface area contributed by atoms with Crippen molar-refractivity contribution in [2.24, 2.45) is 0 Å². The highest BCUT2D eigenvalue weighted by atomic mass is 16.5. The first-order chi connectivity index (χ1) is 25.2. The normalized spacial score (nSPS) is 13.8. The third-order valence-corrected chi connectivity index (χ3v) is 10.2. The lowest BCUT2D eigenvalue weighted by Gasteiger charge is -2.37. The molecule has 1 aromatic heterocycles. The van der Waals surface area contributed by atoms with Crippen molar-refractivity contribution in [2.45, 2.75) is 0 Å². The van der Waals surface area contributed by atoms with E-state index in [1.54, 1.807) is 0 Å². The predicted molar refractivity (Wildman–Crippen MR) is 191 cm³/mol. The Hall–Kier alpha value is -7.05. The summed E-state index contributed by atoms with van der Waals surface area (Å²) in [7, 11) is 0. The predicted octanol–water partition coefficient (Wildman–Crippen LogP) is 4.64. The largest absolute Gasteiger partial charge is 0.458 e. The molecule has 0 atom stereocenters. The molecule has 9 nitrogen and oxygen atoms in total. The number of fused-ring (bicyclic) bond motifs is 4.